The van der Waals surface area contributed by atoms with E-state index in [-0.39, 0.29) is 5.97 Å². The molecule has 0 N–H and O–H groups in total. The van der Waals surface area contributed by atoms with Crippen LogP contribution < -0.4 is 0 Å². The zero-order valence-electron chi connectivity index (χ0n) is 11.5. The van der Waals surface area contributed by atoms with Crippen LogP contribution >= 0.6 is 15.9 Å². The predicted molar refractivity (Wildman–Crippen MR) is 86.5 cm³/mol. The van der Waals surface area contributed by atoms with Crippen molar-refractivity contribution in [2.75, 3.05) is 7.11 Å². The highest BCUT2D eigenvalue weighted by molar-refractivity contribution is 9.10. The van der Waals surface area contributed by atoms with E-state index in [1.165, 1.54) is 12.5 Å². The number of benzene rings is 2. The first-order chi connectivity index (χ1) is 10.2. The Balaban J connectivity index is 2.03. The van der Waals surface area contributed by atoms with Crippen LogP contribution in [0.5, 0.6) is 0 Å². The van der Waals surface area contributed by atoms with Crippen molar-refractivity contribution in [3.8, 4) is 0 Å². The largest absolute Gasteiger partial charge is 0.465 e. The Morgan fingerprint density at radius 3 is 2.81 bits per heavy atom. The number of halogens is 1. The van der Waals surface area contributed by atoms with Crippen LogP contribution in [-0.2, 0) is 11.3 Å². The van der Waals surface area contributed by atoms with E-state index >= 15 is 0 Å². The third kappa shape index (κ3) is 2.72. The van der Waals surface area contributed by atoms with Gasteiger partial charge < -0.3 is 9.30 Å². The van der Waals surface area contributed by atoms with Crippen molar-refractivity contribution in [3.05, 3.63) is 70.3 Å². The number of hydrogen-bond donors (Lipinski definition) is 0. The number of ether oxygens (including phenoxy) is 1. The molecule has 3 rings (SSSR count). The smallest absolute Gasteiger partial charge is 0.338 e. The molecule has 0 radical (unpaired) electrons. The van der Waals surface area contributed by atoms with Gasteiger partial charge in [0.15, 0.2) is 0 Å². The van der Waals surface area contributed by atoms with Gasteiger partial charge in [0, 0.05) is 22.7 Å². The lowest BCUT2D eigenvalue weighted by molar-refractivity contribution is 0.0599. The van der Waals surface area contributed by atoms with Crippen molar-refractivity contribution < 1.29 is 9.53 Å². The van der Waals surface area contributed by atoms with Crippen molar-refractivity contribution in [3.63, 3.8) is 0 Å². The molecule has 0 atom stereocenters. The third-order valence-corrected chi connectivity index (χ3v) is 3.99. The fraction of sp³-hybridized carbons (Fsp3) is 0.118. The van der Waals surface area contributed by atoms with Gasteiger partial charge in [-0.1, -0.05) is 40.2 Å². The van der Waals surface area contributed by atoms with E-state index in [0.717, 1.165) is 15.6 Å². The molecule has 3 aromatic rings. The summed E-state index contributed by atoms with van der Waals surface area (Å²) in [7, 11) is 1.40. The SMILES string of the molecule is COC(=O)c1ccccc1Cn1ccc2ccc(Br)cc21. The molecule has 0 unspecified atom stereocenters. The van der Waals surface area contributed by atoms with Gasteiger partial charge in [-0.3, -0.25) is 0 Å². The topological polar surface area (TPSA) is 31.2 Å². The maximum absolute atomic E-state index is 11.8. The maximum Gasteiger partial charge on any atom is 0.338 e. The van der Waals surface area contributed by atoms with Gasteiger partial charge in [0.2, 0.25) is 0 Å². The molecule has 2 aromatic carbocycles. The van der Waals surface area contributed by atoms with Gasteiger partial charge in [-0.2, -0.15) is 0 Å². The lowest BCUT2D eigenvalue weighted by Gasteiger charge is -2.10. The van der Waals surface area contributed by atoms with Gasteiger partial charge in [0.05, 0.1) is 12.7 Å². The molecule has 106 valence electrons. The van der Waals surface area contributed by atoms with Gasteiger partial charge in [0.25, 0.3) is 0 Å². The van der Waals surface area contributed by atoms with Crippen LogP contribution in [0.3, 0.4) is 0 Å². The van der Waals surface area contributed by atoms with E-state index in [2.05, 4.69) is 38.7 Å². The number of esters is 1. The monoisotopic (exact) mass is 343 g/mol. The molecule has 0 bridgehead atoms. The summed E-state index contributed by atoms with van der Waals surface area (Å²) in [6, 6.07) is 15.8. The van der Waals surface area contributed by atoms with Crippen molar-refractivity contribution >= 4 is 32.8 Å². The van der Waals surface area contributed by atoms with Crippen LogP contribution in [0.15, 0.2) is 59.2 Å². The maximum atomic E-state index is 11.8. The Morgan fingerprint density at radius 2 is 2.00 bits per heavy atom. The molecule has 0 fully saturated rings. The summed E-state index contributed by atoms with van der Waals surface area (Å²) >= 11 is 3.50. The fourth-order valence-electron chi connectivity index (χ4n) is 2.45. The second kappa shape index (κ2) is 5.74. The van der Waals surface area contributed by atoms with Crippen LogP contribution in [-0.4, -0.2) is 17.6 Å². The molecular formula is C17H14BrNO2. The summed E-state index contributed by atoms with van der Waals surface area (Å²) in [5.41, 5.74) is 2.68. The van der Waals surface area contributed by atoms with Gasteiger partial charge in [-0.05, 0) is 35.2 Å². The molecule has 4 heteroatoms. The summed E-state index contributed by atoms with van der Waals surface area (Å²) in [6.07, 6.45) is 2.03. The zero-order valence-corrected chi connectivity index (χ0v) is 13.1. The minimum absolute atomic E-state index is 0.303. The average molecular weight is 344 g/mol. The van der Waals surface area contributed by atoms with E-state index in [4.69, 9.17) is 4.74 Å². The molecule has 0 saturated carbocycles. The second-order valence-corrected chi connectivity index (χ2v) is 5.71. The first-order valence-corrected chi connectivity index (χ1v) is 7.39. The van der Waals surface area contributed by atoms with E-state index in [1.54, 1.807) is 6.07 Å². The Morgan fingerprint density at radius 1 is 1.19 bits per heavy atom. The normalized spacial score (nSPS) is 10.8. The first kappa shape index (κ1) is 13.9. The van der Waals surface area contributed by atoms with Crippen LogP contribution in [0.2, 0.25) is 0 Å². The average Bonchev–Trinajstić information content (AvgIpc) is 2.89. The highest BCUT2D eigenvalue weighted by Gasteiger charge is 2.12. The minimum atomic E-state index is -0.303. The Labute approximate surface area is 131 Å². The van der Waals surface area contributed by atoms with Crippen LogP contribution in [0.25, 0.3) is 10.9 Å². The number of rotatable bonds is 3. The van der Waals surface area contributed by atoms with Crippen molar-refractivity contribution in [1.29, 1.82) is 0 Å². The summed E-state index contributed by atoms with van der Waals surface area (Å²) in [6.45, 7) is 0.630. The quantitative estimate of drug-likeness (QED) is 0.666. The Kier molecular flexibility index (Phi) is 3.80. The van der Waals surface area contributed by atoms with Crippen LogP contribution in [0, 0.1) is 0 Å². The van der Waals surface area contributed by atoms with Gasteiger partial charge in [0.1, 0.15) is 0 Å². The molecule has 3 nitrogen and oxygen atoms in total. The van der Waals surface area contributed by atoms with Gasteiger partial charge in [-0.25, -0.2) is 4.79 Å². The summed E-state index contributed by atoms with van der Waals surface area (Å²) in [4.78, 5) is 11.8. The number of fused-ring (bicyclic) bond motifs is 1. The highest BCUT2D eigenvalue weighted by Crippen LogP contribution is 2.22. The Bertz CT molecular complexity index is 807. The molecule has 0 amide bonds. The number of carbonyl (C=O) groups is 1. The van der Waals surface area contributed by atoms with Gasteiger partial charge >= 0.3 is 5.97 Å². The zero-order chi connectivity index (χ0) is 14.8. The third-order valence-electron chi connectivity index (χ3n) is 3.50. The van der Waals surface area contributed by atoms with E-state index in [0.29, 0.717) is 12.1 Å². The van der Waals surface area contributed by atoms with Crippen LogP contribution in [0.4, 0.5) is 0 Å². The van der Waals surface area contributed by atoms with Crippen LogP contribution in [0.1, 0.15) is 15.9 Å². The highest BCUT2D eigenvalue weighted by atomic mass is 79.9. The molecule has 0 aliphatic rings. The number of methoxy groups -OCH3 is 1. The van der Waals surface area contributed by atoms with Crippen molar-refractivity contribution in [2.24, 2.45) is 0 Å². The number of hydrogen-bond acceptors (Lipinski definition) is 2. The molecule has 1 aromatic heterocycles. The fourth-order valence-corrected chi connectivity index (χ4v) is 2.79. The number of carbonyl (C=O) groups excluding carboxylic acids is 1. The van der Waals surface area contributed by atoms with Crippen molar-refractivity contribution in [2.45, 2.75) is 6.54 Å². The summed E-state index contributed by atoms with van der Waals surface area (Å²) in [5, 5.41) is 1.17. The molecule has 0 aliphatic heterocycles. The molecule has 0 spiro atoms. The Hall–Kier alpha value is -2.07. The predicted octanol–water partition coefficient (Wildman–Crippen LogP) is 4.24. The molecule has 21 heavy (non-hydrogen) atoms. The van der Waals surface area contributed by atoms with E-state index < -0.39 is 0 Å². The standard InChI is InChI=1S/C17H14BrNO2/c1-21-17(20)15-5-3-2-4-13(15)11-19-9-8-12-6-7-14(18)10-16(12)19/h2-10H,11H2,1H3. The molecule has 0 aliphatic carbocycles. The van der Waals surface area contributed by atoms with E-state index in [9.17, 15) is 4.79 Å². The number of aromatic nitrogens is 1. The molecule has 1 heterocycles. The lowest BCUT2D eigenvalue weighted by atomic mass is 10.1. The second-order valence-electron chi connectivity index (χ2n) is 4.80. The van der Waals surface area contributed by atoms with Gasteiger partial charge in [-0.15, -0.1) is 0 Å². The molecule has 0 saturated heterocycles. The number of nitrogens with zero attached hydrogens (tertiary/aromatic N) is 1. The van der Waals surface area contributed by atoms with E-state index in [1.807, 2.05) is 30.5 Å². The first-order valence-electron chi connectivity index (χ1n) is 6.59. The lowest BCUT2D eigenvalue weighted by Crippen LogP contribution is -2.08. The molecular weight excluding hydrogens is 330 g/mol. The van der Waals surface area contributed by atoms with Crippen molar-refractivity contribution in [1.82, 2.24) is 4.57 Å². The summed E-state index contributed by atoms with van der Waals surface area (Å²) in [5.74, 6) is -0.303. The summed E-state index contributed by atoms with van der Waals surface area (Å²) < 4.78 is 8.01. The minimum Gasteiger partial charge on any atom is -0.465 e.